The number of hydrogen-bond acceptors (Lipinski definition) is 7. The van der Waals surface area contributed by atoms with E-state index in [0.717, 1.165) is 128 Å². The smallest absolute Gasteiger partial charge is 0.462 e. The van der Waals surface area contributed by atoms with Crippen molar-refractivity contribution in [3.05, 3.63) is 158 Å². The molecule has 0 aliphatic carbocycles. The molecule has 0 fully saturated rings. The lowest BCUT2D eigenvalue weighted by Crippen LogP contribution is -2.37. The maximum Gasteiger partial charge on any atom is 0.472 e. The Balaban J connectivity index is 4.24. The Kier molecular flexibility index (Phi) is 50.3. The molecule has 0 aliphatic heterocycles. The number of carbonyl (C=O) groups excluding carboxylic acids is 2. The SMILES string of the molecule is CC/C=C\C/C=C\C/C=C\C/C=C\C/C=C\C/C=C\C/C=C\C/C=C\C/C=C\CCCCCCCCCC(=O)OC(COC(=O)CCCC/C=C\C/C=C\C/C=C\C/C=C\CC)COP(=O)(O)OCC[N+](C)(C)C. The van der Waals surface area contributed by atoms with Gasteiger partial charge < -0.3 is 18.9 Å². The minimum atomic E-state index is -4.41. The van der Waals surface area contributed by atoms with E-state index in [2.05, 4.69) is 172 Å². The fourth-order valence-corrected chi connectivity index (χ4v) is 7.50. The summed E-state index contributed by atoms with van der Waals surface area (Å²) >= 11 is 0. The second-order valence-corrected chi connectivity index (χ2v) is 20.7. The molecule has 0 spiro atoms. The van der Waals surface area contributed by atoms with Crippen molar-refractivity contribution in [3.8, 4) is 0 Å². The van der Waals surface area contributed by atoms with Gasteiger partial charge in [0.1, 0.15) is 19.8 Å². The molecule has 0 aliphatic rings. The molecule has 0 saturated carbocycles. The number of rotatable bonds is 49. The van der Waals surface area contributed by atoms with Crippen LogP contribution in [0.1, 0.15) is 181 Å². The zero-order valence-electron chi connectivity index (χ0n) is 47.0. The molecule has 2 unspecified atom stereocenters. The van der Waals surface area contributed by atoms with Gasteiger partial charge in [-0.05, 0) is 122 Å². The molecule has 0 saturated heterocycles. The molecule has 0 aromatic carbocycles. The minimum Gasteiger partial charge on any atom is -0.462 e. The van der Waals surface area contributed by atoms with Crippen LogP contribution in [0.5, 0.6) is 0 Å². The zero-order chi connectivity index (χ0) is 54.2. The predicted octanol–water partition coefficient (Wildman–Crippen LogP) is 17.7. The fourth-order valence-electron chi connectivity index (χ4n) is 6.76. The van der Waals surface area contributed by atoms with Gasteiger partial charge in [0.25, 0.3) is 0 Å². The molecular weight excluding hydrogens is 942 g/mol. The monoisotopic (exact) mass is 1040 g/mol. The first-order valence-corrected chi connectivity index (χ1v) is 29.7. The van der Waals surface area contributed by atoms with Gasteiger partial charge in [-0.15, -0.1) is 0 Å². The molecule has 0 aromatic rings. The minimum absolute atomic E-state index is 0.0132. The summed E-state index contributed by atoms with van der Waals surface area (Å²) in [6, 6.07) is 0. The van der Waals surface area contributed by atoms with Gasteiger partial charge in [0.15, 0.2) is 6.10 Å². The average molecular weight is 1050 g/mol. The largest absolute Gasteiger partial charge is 0.472 e. The number of hydrogen-bond donors (Lipinski definition) is 1. The lowest BCUT2D eigenvalue weighted by atomic mass is 10.1. The zero-order valence-corrected chi connectivity index (χ0v) is 47.9. The molecule has 10 heteroatoms. The standard InChI is InChI=1S/C64H102NO8P/c1-6-8-10-12-14-16-18-20-22-23-24-25-26-27-28-29-30-31-32-33-34-35-36-37-38-39-40-41-43-45-47-49-51-53-55-57-64(67)73-62(61-72-74(68,69)71-59-58-65(3,4)5)60-70-63(66)56-54-52-50-48-46-44-42-21-19-17-15-13-11-9-7-2/h8-11,14-17,20-22,24-25,27-28,30-31,33-34,36-37,39-40,42,46,48,62H,6-7,12-13,18-19,23,26,29,32,35,38,41,43-45,47,49-61H2,1-5H3/p+1/b10-8-,11-9-,16-14-,17-15-,22-20-,25-24-,28-27-,31-30-,34-33-,37-36-,40-39-,42-21-,48-46-. The van der Waals surface area contributed by atoms with Crippen LogP contribution in [-0.2, 0) is 32.7 Å². The molecule has 0 bridgehead atoms. The van der Waals surface area contributed by atoms with E-state index in [4.69, 9.17) is 18.5 Å². The van der Waals surface area contributed by atoms with Gasteiger partial charge in [-0.3, -0.25) is 18.6 Å². The van der Waals surface area contributed by atoms with E-state index in [1.807, 2.05) is 21.1 Å². The predicted molar refractivity (Wildman–Crippen MR) is 316 cm³/mol. The highest BCUT2D eigenvalue weighted by Gasteiger charge is 2.27. The molecule has 1 N–H and O–H groups in total. The highest BCUT2D eigenvalue weighted by atomic mass is 31.2. The van der Waals surface area contributed by atoms with E-state index in [-0.39, 0.29) is 26.1 Å². The summed E-state index contributed by atoms with van der Waals surface area (Å²) in [5.74, 6) is -0.875. The summed E-state index contributed by atoms with van der Waals surface area (Å²) in [6.45, 7) is 4.10. The Morgan fingerprint density at radius 3 is 1.11 bits per heavy atom. The third-order valence-electron chi connectivity index (χ3n) is 11.1. The molecule has 0 radical (unpaired) electrons. The van der Waals surface area contributed by atoms with Gasteiger partial charge in [-0.1, -0.05) is 204 Å². The molecule has 0 aromatic heterocycles. The van der Waals surface area contributed by atoms with Crippen LogP contribution in [0.15, 0.2) is 158 Å². The van der Waals surface area contributed by atoms with Crippen LogP contribution in [0.3, 0.4) is 0 Å². The fraction of sp³-hybridized carbons (Fsp3) is 0.562. The Morgan fingerprint density at radius 1 is 0.419 bits per heavy atom. The summed E-state index contributed by atoms with van der Waals surface area (Å²) in [6.07, 6.45) is 80.3. The number of esters is 2. The van der Waals surface area contributed by atoms with Crippen molar-refractivity contribution in [2.45, 2.75) is 187 Å². The van der Waals surface area contributed by atoms with Crippen LogP contribution < -0.4 is 0 Å². The third-order valence-corrected chi connectivity index (χ3v) is 12.0. The van der Waals surface area contributed by atoms with Gasteiger partial charge >= 0.3 is 19.8 Å². The van der Waals surface area contributed by atoms with Gasteiger partial charge in [0.2, 0.25) is 0 Å². The Morgan fingerprint density at radius 2 is 0.730 bits per heavy atom. The number of allylic oxidation sites excluding steroid dienone is 26. The number of ether oxygens (including phenoxy) is 2. The van der Waals surface area contributed by atoms with Crippen molar-refractivity contribution in [2.24, 2.45) is 0 Å². The van der Waals surface area contributed by atoms with Crippen LogP contribution >= 0.6 is 7.82 Å². The molecule has 74 heavy (non-hydrogen) atoms. The van der Waals surface area contributed by atoms with Crippen molar-refractivity contribution >= 4 is 19.8 Å². The Bertz CT molecular complexity index is 1800. The van der Waals surface area contributed by atoms with Gasteiger partial charge in [-0.25, -0.2) is 4.57 Å². The van der Waals surface area contributed by atoms with E-state index in [0.29, 0.717) is 23.9 Å². The van der Waals surface area contributed by atoms with Crippen molar-refractivity contribution < 1.29 is 42.1 Å². The van der Waals surface area contributed by atoms with Gasteiger partial charge in [-0.2, -0.15) is 0 Å². The molecule has 0 amide bonds. The number of phosphoric acid groups is 1. The van der Waals surface area contributed by atoms with Gasteiger partial charge in [0.05, 0.1) is 27.7 Å². The summed E-state index contributed by atoms with van der Waals surface area (Å²) in [7, 11) is 1.42. The summed E-state index contributed by atoms with van der Waals surface area (Å²) in [4.78, 5) is 35.6. The van der Waals surface area contributed by atoms with E-state index in [1.165, 1.54) is 12.8 Å². The quantitative estimate of drug-likeness (QED) is 0.0211. The van der Waals surface area contributed by atoms with Crippen LogP contribution in [-0.4, -0.2) is 74.9 Å². The number of likely N-dealkylation sites (N-methyl/N-ethyl adjacent to an activating group) is 1. The van der Waals surface area contributed by atoms with E-state index in [9.17, 15) is 19.0 Å². The number of carbonyl (C=O) groups is 2. The lowest BCUT2D eigenvalue weighted by Gasteiger charge is -2.24. The van der Waals surface area contributed by atoms with Crippen LogP contribution in [0.4, 0.5) is 0 Å². The van der Waals surface area contributed by atoms with E-state index in [1.54, 1.807) is 0 Å². The Labute approximate surface area is 452 Å². The van der Waals surface area contributed by atoms with Crippen LogP contribution in [0, 0.1) is 0 Å². The van der Waals surface area contributed by atoms with Crippen molar-refractivity contribution in [1.82, 2.24) is 0 Å². The number of nitrogens with zero attached hydrogens (tertiary/aromatic N) is 1. The third kappa shape index (κ3) is 56.9. The summed E-state index contributed by atoms with van der Waals surface area (Å²) < 4.78 is 34.4. The second kappa shape index (κ2) is 53.5. The first kappa shape index (κ1) is 69.6. The topological polar surface area (TPSA) is 108 Å². The van der Waals surface area contributed by atoms with E-state index < -0.39 is 32.5 Å². The van der Waals surface area contributed by atoms with Gasteiger partial charge in [0, 0.05) is 12.8 Å². The van der Waals surface area contributed by atoms with Crippen molar-refractivity contribution in [1.29, 1.82) is 0 Å². The molecular formula is C64H103NO8P+. The molecule has 9 nitrogen and oxygen atoms in total. The van der Waals surface area contributed by atoms with Crippen LogP contribution in [0.25, 0.3) is 0 Å². The van der Waals surface area contributed by atoms with Crippen molar-refractivity contribution in [3.63, 3.8) is 0 Å². The molecule has 416 valence electrons. The maximum atomic E-state index is 12.8. The molecule has 2 atom stereocenters. The second-order valence-electron chi connectivity index (χ2n) is 19.2. The first-order valence-electron chi connectivity index (χ1n) is 28.2. The highest BCUT2D eigenvalue weighted by molar-refractivity contribution is 7.47. The molecule has 0 rings (SSSR count). The number of unbranched alkanes of at least 4 members (excludes halogenated alkanes) is 9. The summed E-state index contributed by atoms with van der Waals surface area (Å²) in [5, 5.41) is 0. The summed E-state index contributed by atoms with van der Waals surface area (Å²) in [5.41, 5.74) is 0. The van der Waals surface area contributed by atoms with E-state index >= 15 is 0 Å². The number of quaternary nitrogens is 1. The first-order chi connectivity index (χ1) is 36.0. The number of phosphoric ester groups is 1. The average Bonchev–Trinajstić information content (AvgIpc) is 3.36. The lowest BCUT2D eigenvalue weighted by molar-refractivity contribution is -0.870. The normalized spacial score (nSPS) is 14.5. The van der Waals surface area contributed by atoms with Crippen LogP contribution in [0.2, 0.25) is 0 Å². The maximum absolute atomic E-state index is 12.8. The highest BCUT2D eigenvalue weighted by Crippen LogP contribution is 2.43. The molecule has 0 heterocycles. The van der Waals surface area contributed by atoms with Crippen molar-refractivity contribution in [2.75, 3.05) is 47.5 Å². The Hall–Kier alpha value is -4.37.